The fourth-order valence-electron chi connectivity index (χ4n) is 2.77. The number of carbonyl (C=O) groups is 1. The summed E-state index contributed by atoms with van der Waals surface area (Å²) in [5.74, 6) is 1.87. The molecule has 9 heteroatoms. The first kappa shape index (κ1) is 21.0. The van der Waals surface area contributed by atoms with Gasteiger partial charge in [0.05, 0.1) is 0 Å². The number of aryl methyl sites for hydroxylation is 1. The van der Waals surface area contributed by atoms with E-state index in [1.807, 2.05) is 25.1 Å². The van der Waals surface area contributed by atoms with E-state index in [1.165, 1.54) is 11.0 Å². The van der Waals surface area contributed by atoms with Crippen LogP contribution in [0, 0.1) is 6.92 Å². The van der Waals surface area contributed by atoms with E-state index >= 15 is 0 Å². The van der Waals surface area contributed by atoms with Crippen LogP contribution in [-0.4, -0.2) is 46.0 Å². The van der Waals surface area contributed by atoms with E-state index in [2.05, 4.69) is 10.2 Å². The zero-order valence-corrected chi connectivity index (χ0v) is 17.6. The molecule has 0 spiro atoms. The summed E-state index contributed by atoms with van der Waals surface area (Å²) in [4.78, 5) is 13.9. The summed E-state index contributed by atoms with van der Waals surface area (Å²) in [5, 5.41) is 7.90. The minimum Gasteiger partial charge on any atom is -0.434 e. The average Bonchev–Trinajstić information content (AvgIpc) is 3.50. The van der Waals surface area contributed by atoms with Crippen LogP contribution in [0.5, 0.6) is 17.4 Å². The molecule has 1 fully saturated rings. The van der Waals surface area contributed by atoms with Crippen molar-refractivity contribution in [2.24, 2.45) is 0 Å². The molecule has 1 aromatic heterocycles. The molecule has 2 aromatic rings. The van der Waals surface area contributed by atoms with Gasteiger partial charge >= 0.3 is 6.09 Å². The molecule has 0 aliphatic heterocycles. The van der Waals surface area contributed by atoms with Gasteiger partial charge in [0.15, 0.2) is 10.9 Å². The molecule has 0 atom stereocenters. The van der Waals surface area contributed by atoms with Crippen molar-refractivity contribution in [3.05, 3.63) is 40.5 Å². The second-order valence-electron chi connectivity index (χ2n) is 6.44. The van der Waals surface area contributed by atoms with Gasteiger partial charge in [0.2, 0.25) is 0 Å². The van der Waals surface area contributed by atoms with Crippen molar-refractivity contribution in [3.63, 3.8) is 0 Å². The van der Waals surface area contributed by atoms with Crippen molar-refractivity contribution >= 4 is 40.9 Å². The van der Waals surface area contributed by atoms with Crippen LogP contribution in [0.4, 0.5) is 4.79 Å². The molecule has 1 heterocycles. The van der Waals surface area contributed by atoms with Crippen LogP contribution in [0.15, 0.2) is 24.3 Å². The number of rotatable bonds is 8. The molecule has 1 amide bonds. The summed E-state index contributed by atoms with van der Waals surface area (Å²) >= 11 is 17.5. The van der Waals surface area contributed by atoms with Crippen LogP contribution < -0.4 is 9.47 Å². The van der Waals surface area contributed by atoms with Crippen LogP contribution in [0.2, 0.25) is 5.15 Å². The fraction of sp³-hybridized carbons (Fsp3) is 0.421. The molecular formula is C19H20Cl3N3O3. The number of alkyl halides is 2. The number of aromatic nitrogens is 2. The number of ether oxygens (including phenoxy) is 2. The van der Waals surface area contributed by atoms with Gasteiger partial charge in [0, 0.05) is 30.9 Å². The van der Waals surface area contributed by atoms with Gasteiger partial charge in [-0.1, -0.05) is 29.8 Å². The minimum atomic E-state index is -0.609. The number of carbonyl (C=O) groups excluding carboxylic acids is 1. The van der Waals surface area contributed by atoms with Gasteiger partial charge in [-0.3, -0.25) is 0 Å². The van der Waals surface area contributed by atoms with E-state index in [0.717, 1.165) is 24.0 Å². The predicted octanol–water partition coefficient (Wildman–Crippen LogP) is 5.39. The third-order valence-electron chi connectivity index (χ3n) is 4.32. The largest absolute Gasteiger partial charge is 0.434 e. The third-order valence-corrected chi connectivity index (χ3v) is 4.84. The number of benzene rings is 1. The fourth-order valence-corrected chi connectivity index (χ4v) is 3.31. The molecule has 0 radical (unpaired) electrons. The third kappa shape index (κ3) is 5.19. The molecule has 0 unspecified atom stereocenters. The first-order valence-corrected chi connectivity index (χ1v) is 10.4. The van der Waals surface area contributed by atoms with Crippen molar-refractivity contribution in [1.82, 2.24) is 15.1 Å². The minimum absolute atomic E-state index is 0.0747. The van der Waals surface area contributed by atoms with E-state index in [9.17, 15) is 4.79 Å². The first-order valence-electron chi connectivity index (χ1n) is 8.92. The number of hydrogen-bond acceptors (Lipinski definition) is 5. The lowest BCUT2D eigenvalue weighted by molar-refractivity contribution is 0.156. The van der Waals surface area contributed by atoms with Crippen molar-refractivity contribution in [3.8, 4) is 17.4 Å². The van der Waals surface area contributed by atoms with Crippen LogP contribution in [0.25, 0.3) is 0 Å². The lowest BCUT2D eigenvalue weighted by Crippen LogP contribution is -2.36. The van der Waals surface area contributed by atoms with Crippen molar-refractivity contribution in [2.45, 2.75) is 25.7 Å². The maximum absolute atomic E-state index is 12.5. The molecule has 1 aliphatic rings. The molecule has 1 saturated carbocycles. The van der Waals surface area contributed by atoms with Gasteiger partial charge < -0.3 is 14.4 Å². The molecular weight excluding hydrogens is 425 g/mol. The maximum Gasteiger partial charge on any atom is 0.415 e. The predicted molar refractivity (Wildman–Crippen MR) is 109 cm³/mol. The van der Waals surface area contributed by atoms with Crippen molar-refractivity contribution < 1.29 is 14.3 Å². The molecule has 0 bridgehead atoms. The number of nitrogens with zero attached hydrogens (tertiary/aromatic N) is 3. The zero-order valence-electron chi connectivity index (χ0n) is 15.3. The van der Waals surface area contributed by atoms with Crippen molar-refractivity contribution in [2.75, 3.05) is 24.8 Å². The SMILES string of the molecule is Cc1cccc(C2CC2)c1Oc1nnc(Cl)cc1OC(=O)N(CCCl)CCCl. The smallest absolute Gasteiger partial charge is 0.415 e. The normalized spacial score (nSPS) is 13.3. The molecule has 150 valence electrons. The highest BCUT2D eigenvalue weighted by molar-refractivity contribution is 6.29. The van der Waals surface area contributed by atoms with Gasteiger partial charge in [-0.05, 0) is 36.8 Å². The summed E-state index contributed by atoms with van der Waals surface area (Å²) in [6.07, 6.45) is 1.64. The van der Waals surface area contributed by atoms with Crippen molar-refractivity contribution in [1.29, 1.82) is 0 Å². The Hall–Kier alpha value is -1.76. The Kier molecular flexibility index (Phi) is 7.21. The zero-order chi connectivity index (χ0) is 20.1. The number of para-hydroxylation sites is 1. The monoisotopic (exact) mass is 443 g/mol. The van der Waals surface area contributed by atoms with Gasteiger partial charge in [-0.2, -0.15) is 0 Å². The van der Waals surface area contributed by atoms with Gasteiger partial charge in [0.25, 0.3) is 5.88 Å². The molecule has 1 aromatic carbocycles. The highest BCUT2D eigenvalue weighted by atomic mass is 35.5. The molecule has 3 rings (SSSR count). The Morgan fingerprint density at radius 1 is 1.21 bits per heavy atom. The Morgan fingerprint density at radius 2 is 1.93 bits per heavy atom. The van der Waals surface area contributed by atoms with E-state index in [1.54, 1.807) is 0 Å². The van der Waals surface area contributed by atoms with Gasteiger partial charge in [0.1, 0.15) is 5.75 Å². The summed E-state index contributed by atoms with van der Waals surface area (Å²) in [6, 6.07) is 7.40. The van der Waals surface area contributed by atoms with Crippen LogP contribution in [0.3, 0.4) is 0 Å². The van der Waals surface area contributed by atoms with Crippen LogP contribution in [0.1, 0.15) is 29.9 Å². The first-order chi connectivity index (χ1) is 13.5. The van der Waals surface area contributed by atoms with E-state index in [-0.39, 0.29) is 28.5 Å². The standard InChI is InChI=1S/C19H20Cl3N3O3/c1-12-3-2-4-14(13-5-6-13)17(12)28-18-15(11-16(22)23-24-18)27-19(26)25(9-7-20)10-8-21/h2-4,11,13H,5-10H2,1H3. The summed E-state index contributed by atoms with van der Waals surface area (Å²) in [7, 11) is 0. The van der Waals surface area contributed by atoms with E-state index in [0.29, 0.717) is 24.8 Å². The average molecular weight is 445 g/mol. The van der Waals surface area contributed by atoms with Gasteiger partial charge in [-0.25, -0.2) is 4.79 Å². The topological polar surface area (TPSA) is 64.6 Å². The summed E-state index contributed by atoms with van der Waals surface area (Å²) in [5.41, 5.74) is 2.07. The lowest BCUT2D eigenvalue weighted by Gasteiger charge is -2.20. The van der Waals surface area contributed by atoms with Crippen LogP contribution >= 0.6 is 34.8 Å². The lowest BCUT2D eigenvalue weighted by atomic mass is 10.1. The highest BCUT2D eigenvalue weighted by Crippen LogP contribution is 2.46. The molecule has 0 saturated heterocycles. The van der Waals surface area contributed by atoms with Gasteiger partial charge in [-0.15, -0.1) is 33.4 Å². The second kappa shape index (κ2) is 9.63. The Morgan fingerprint density at radius 3 is 2.57 bits per heavy atom. The Bertz CT molecular complexity index is 840. The Balaban J connectivity index is 1.87. The summed E-state index contributed by atoms with van der Waals surface area (Å²) in [6.45, 7) is 2.57. The molecule has 1 aliphatic carbocycles. The summed E-state index contributed by atoms with van der Waals surface area (Å²) < 4.78 is 11.5. The maximum atomic E-state index is 12.5. The number of halogens is 3. The number of hydrogen-bond donors (Lipinski definition) is 0. The molecule has 0 N–H and O–H groups in total. The molecule has 28 heavy (non-hydrogen) atoms. The van der Waals surface area contributed by atoms with E-state index < -0.39 is 6.09 Å². The van der Waals surface area contributed by atoms with Crippen LogP contribution in [-0.2, 0) is 0 Å². The van der Waals surface area contributed by atoms with E-state index in [4.69, 9.17) is 44.3 Å². The Labute approximate surface area is 178 Å². The molecule has 6 nitrogen and oxygen atoms in total. The quantitative estimate of drug-likeness (QED) is 0.511. The highest BCUT2D eigenvalue weighted by Gasteiger charge is 2.28. The second-order valence-corrected chi connectivity index (χ2v) is 7.58. The number of amides is 1.